The number of piperidine rings is 1. The molecule has 0 unspecified atom stereocenters. The van der Waals surface area contributed by atoms with E-state index < -0.39 is 0 Å². The van der Waals surface area contributed by atoms with Crippen LogP contribution >= 0.6 is 0 Å². The van der Waals surface area contributed by atoms with Crippen molar-refractivity contribution in [2.24, 2.45) is 0 Å². The van der Waals surface area contributed by atoms with Gasteiger partial charge in [-0.3, -0.25) is 0 Å². The van der Waals surface area contributed by atoms with Crippen molar-refractivity contribution in [2.75, 3.05) is 42.8 Å². The summed E-state index contributed by atoms with van der Waals surface area (Å²) in [6, 6.07) is 12.9. The van der Waals surface area contributed by atoms with E-state index in [4.69, 9.17) is 9.47 Å². The first-order chi connectivity index (χ1) is 12.7. The van der Waals surface area contributed by atoms with Crippen LogP contribution in [0, 0.1) is 0 Å². The number of amides is 2. The summed E-state index contributed by atoms with van der Waals surface area (Å²) in [7, 11) is 3.14. The van der Waals surface area contributed by atoms with E-state index in [1.165, 1.54) is 24.9 Å². The first-order valence-corrected chi connectivity index (χ1v) is 8.84. The van der Waals surface area contributed by atoms with Gasteiger partial charge in [-0.15, -0.1) is 0 Å². The van der Waals surface area contributed by atoms with Crippen LogP contribution in [0.2, 0.25) is 0 Å². The van der Waals surface area contributed by atoms with E-state index >= 15 is 0 Å². The van der Waals surface area contributed by atoms with E-state index in [0.717, 1.165) is 18.8 Å². The van der Waals surface area contributed by atoms with E-state index in [1.807, 2.05) is 12.1 Å². The number of carbonyl (C=O) groups is 1. The Hall–Kier alpha value is -2.89. The zero-order chi connectivity index (χ0) is 18.4. The minimum atomic E-state index is -0.320. The summed E-state index contributed by atoms with van der Waals surface area (Å²) >= 11 is 0. The van der Waals surface area contributed by atoms with Crippen LogP contribution in [0.5, 0.6) is 11.5 Å². The Labute approximate surface area is 154 Å². The molecule has 0 bridgehead atoms. The van der Waals surface area contributed by atoms with Crippen LogP contribution in [0.15, 0.2) is 42.5 Å². The second-order valence-corrected chi connectivity index (χ2v) is 6.24. The summed E-state index contributed by atoms with van der Waals surface area (Å²) in [4.78, 5) is 14.7. The lowest BCUT2D eigenvalue weighted by Crippen LogP contribution is -2.29. The summed E-state index contributed by atoms with van der Waals surface area (Å²) in [5, 5.41) is 5.64. The molecule has 0 aliphatic carbocycles. The number of hydrogen-bond acceptors (Lipinski definition) is 4. The van der Waals surface area contributed by atoms with Crippen LogP contribution in [0.25, 0.3) is 0 Å². The lowest BCUT2D eigenvalue weighted by molar-refractivity contribution is 0.262. The molecular weight excluding hydrogens is 330 g/mol. The van der Waals surface area contributed by atoms with Crippen molar-refractivity contribution in [3.05, 3.63) is 42.5 Å². The zero-order valence-corrected chi connectivity index (χ0v) is 15.2. The predicted octanol–water partition coefficient (Wildman–Crippen LogP) is 4.34. The van der Waals surface area contributed by atoms with E-state index in [0.29, 0.717) is 17.2 Å². The molecule has 0 aromatic heterocycles. The van der Waals surface area contributed by atoms with Gasteiger partial charge >= 0.3 is 6.03 Å². The molecule has 0 atom stereocenters. The number of urea groups is 1. The van der Waals surface area contributed by atoms with Gasteiger partial charge in [0.05, 0.1) is 19.9 Å². The minimum Gasteiger partial charge on any atom is -0.497 e. The number of nitrogens with zero attached hydrogens (tertiary/aromatic N) is 1. The normalized spacial score (nSPS) is 13.8. The molecule has 2 N–H and O–H groups in total. The largest absolute Gasteiger partial charge is 0.497 e. The van der Waals surface area contributed by atoms with Gasteiger partial charge in [0.2, 0.25) is 0 Å². The average molecular weight is 355 g/mol. The highest BCUT2D eigenvalue weighted by molar-refractivity contribution is 6.00. The number of carbonyl (C=O) groups excluding carboxylic acids is 1. The third-order valence-corrected chi connectivity index (χ3v) is 4.50. The van der Waals surface area contributed by atoms with Gasteiger partial charge in [0.25, 0.3) is 0 Å². The van der Waals surface area contributed by atoms with Crippen molar-refractivity contribution in [1.82, 2.24) is 0 Å². The molecule has 2 amide bonds. The number of hydrogen-bond donors (Lipinski definition) is 2. The molecule has 3 rings (SSSR count). The Morgan fingerprint density at radius 3 is 2.31 bits per heavy atom. The summed E-state index contributed by atoms with van der Waals surface area (Å²) < 4.78 is 10.5. The number of nitrogens with one attached hydrogen (secondary N) is 2. The van der Waals surface area contributed by atoms with Gasteiger partial charge < -0.3 is 25.0 Å². The van der Waals surface area contributed by atoms with Crippen molar-refractivity contribution in [1.29, 1.82) is 0 Å². The van der Waals surface area contributed by atoms with E-state index in [9.17, 15) is 4.79 Å². The molecule has 138 valence electrons. The van der Waals surface area contributed by atoms with Crippen molar-refractivity contribution >= 4 is 23.1 Å². The third kappa shape index (κ3) is 4.39. The zero-order valence-electron chi connectivity index (χ0n) is 15.2. The molecule has 2 aromatic carbocycles. The fraction of sp³-hybridized carbons (Fsp3) is 0.350. The molecule has 1 fully saturated rings. The molecule has 0 spiro atoms. The second kappa shape index (κ2) is 8.47. The van der Waals surface area contributed by atoms with Crippen LogP contribution in [-0.2, 0) is 0 Å². The Kier molecular flexibility index (Phi) is 5.84. The number of benzene rings is 2. The Bertz CT molecular complexity index is 740. The number of rotatable bonds is 5. The van der Waals surface area contributed by atoms with Crippen LogP contribution < -0.4 is 25.0 Å². The quantitative estimate of drug-likeness (QED) is 0.837. The van der Waals surface area contributed by atoms with Crippen LogP contribution in [0.1, 0.15) is 19.3 Å². The maximum atomic E-state index is 12.3. The first-order valence-electron chi connectivity index (χ1n) is 8.84. The number of methoxy groups -OCH3 is 2. The summed E-state index contributed by atoms with van der Waals surface area (Å²) in [5.41, 5.74) is 2.53. The van der Waals surface area contributed by atoms with Gasteiger partial charge in [-0.25, -0.2) is 4.79 Å². The fourth-order valence-electron chi connectivity index (χ4n) is 3.09. The lowest BCUT2D eigenvalue weighted by Gasteiger charge is -2.28. The monoisotopic (exact) mass is 355 g/mol. The molecule has 0 radical (unpaired) electrons. The van der Waals surface area contributed by atoms with Gasteiger partial charge in [-0.2, -0.15) is 0 Å². The third-order valence-electron chi connectivity index (χ3n) is 4.50. The topological polar surface area (TPSA) is 62.8 Å². The molecule has 1 heterocycles. The van der Waals surface area contributed by atoms with Gasteiger partial charge in [0, 0.05) is 30.5 Å². The second-order valence-electron chi connectivity index (χ2n) is 6.24. The summed E-state index contributed by atoms with van der Waals surface area (Å²) in [5.74, 6) is 1.21. The molecule has 1 saturated heterocycles. The predicted molar refractivity (Wildman–Crippen MR) is 105 cm³/mol. The average Bonchev–Trinajstić information content (AvgIpc) is 2.69. The van der Waals surface area contributed by atoms with E-state index in [-0.39, 0.29) is 6.03 Å². The lowest BCUT2D eigenvalue weighted by atomic mass is 10.1. The Morgan fingerprint density at radius 2 is 1.65 bits per heavy atom. The van der Waals surface area contributed by atoms with Gasteiger partial charge in [-0.1, -0.05) is 0 Å². The standard InChI is InChI=1S/C20H25N3O3/c1-25-17-10-11-18(19(14-17)26-2)22-20(24)21-15-6-8-16(9-7-15)23-12-4-3-5-13-23/h6-11,14H,3-5,12-13H2,1-2H3,(H2,21,22,24). The van der Waals surface area contributed by atoms with E-state index in [2.05, 4.69) is 27.7 Å². The van der Waals surface area contributed by atoms with Gasteiger partial charge in [0.15, 0.2) is 0 Å². The minimum absolute atomic E-state index is 0.320. The molecule has 1 aliphatic rings. The molecule has 1 aliphatic heterocycles. The Morgan fingerprint density at radius 1 is 0.923 bits per heavy atom. The van der Waals surface area contributed by atoms with Gasteiger partial charge in [0.1, 0.15) is 11.5 Å². The molecule has 2 aromatic rings. The SMILES string of the molecule is COc1ccc(NC(=O)Nc2ccc(N3CCCCC3)cc2)c(OC)c1. The molecule has 26 heavy (non-hydrogen) atoms. The molecular formula is C20H25N3O3. The van der Waals surface area contributed by atoms with Crippen molar-refractivity contribution in [3.8, 4) is 11.5 Å². The molecule has 0 saturated carbocycles. The number of anilines is 3. The van der Waals surface area contributed by atoms with Crippen molar-refractivity contribution < 1.29 is 14.3 Å². The smallest absolute Gasteiger partial charge is 0.323 e. The number of ether oxygens (including phenoxy) is 2. The maximum Gasteiger partial charge on any atom is 0.323 e. The summed E-state index contributed by atoms with van der Waals surface area (Å²) in [6.07, 6.45) is 3.79. The van der Waals surface area contributed by atoms with Crippen LogP contribution in [-0.4, -0.2) is 33.3 Å². The van der Waals surface area contributed by atoms with Crippen LogP contribution in [0.4, 0.5) is 21.9 Å². The van der Waals surface area contributed by atoms with Crippen molar-refractivity contribution in [2.45, 2.75) is 19.3 Å². The molecule has 6 nitrogen and oxygen atoms in total. The molecule has 6 heteroatoms. The highest BCUT2D eigenvalue weighted by atomic mass is 16.5. The van der Waals surface area contributed by atoms with Crippen molar-refractivity contribution in [3.63, 3.8) is 0 Å². The van der Waals surface area contributed by atoms with Crippen LogP contribution in [0.3, 0.4) is 0 Å². The fourth-order valence-corrected chi connectivity index (χ4v) is 3.09. The summed E-state index contributed by atoms with van der Waals surface area (Å²) in [6.45, 7) is 2.20. The Balaban J connectivity index is 1.61. The maximum absolute atomic E-state index is 12.3. The van der Waals surface area contributed by atoms with E-state index in [1.54, 1.807) is 32.4 Å². The first kappa shape index (κ1) is 17.9. The highest BCUT2D eigenvalue weighted by Gasteiger charge is 2.12. The van der Waals surface area contributed by atoms with Gasteiger partial charge in [-0.05, 0) is 55.7 Å². The highest BCUT2D eigenvalue weighted by Crippen LogP contribution is 2.29.